The van der Waals surface area contributed by atoms with Crippen molar-refractivity contribution in [2.75, 3.05) is 5.32 Å². The van der Waals surface area contributed by atoms with E-state index in [1.807, 2.05) is 56.4 Å². The van der Waals surface area contributed by atoms with Gasteiger partial charge in [0, 0.05) is 29.8 Å². The molecule has 0 bridgehead atoms. The fourth-order valence-electron chi connectivity index (χ4n) is 2.94. The van der Waals surface area contributed by atoms with E-state index < -0.39 is 0 Å². The lowest BCUT2D eigenvalue weighted by Gasteiger charge is -2.06. The fraction of sp³-hybridized carbons (Fsp3) is 0.0952. The molecule has 0 radical (unpaired) electrons. The number of nitrogens with one attached hydrogen (secondary N) is 1. The number of benzene rings is 2. The van der Waals surface area contributed by atoms with Crippen LogP contribution in [-0.4, -0.2) is 20.7 Å². The smallest absolute Gasteiger partial charge is 0.256 e. The monoisotopic (exact) mass is 358 g/mol. The Morgan fingerprint density at radius 2 is 1.96 bits per heavy atom. The molecular weight excluding hydrogens is 340 g/mol. The van der Waals surface area contributed by atoms with Gasteiger partial charge in [0.1, 0.15) is 5.82 Å². The zero-order valence-electron chi connectivity index (χ0n) is 15.0. The second-order valence-electron chi connectivity index (χ2n) is 6.25. The number of rotatable bonds is 4. The Labute approximate surface area is 156 Å². The largest absolute Gasteiger partial charge is 0.444 e. The van der Waals surface area contributed by atoms with E-state index in [1.165, 1.54) is 6.39 Å². The molecule has 0 fully saturated rings. The third-order valence-electron chi connectivity index (χ3n) is 4.38. The van der Waals surface area contributed by atoms with Gasteiger partial charge in [0.05, 0.1) is 11.9 Å². The minimum atomic E-state index is -0.212. The molecule has 0 saturated carbocycles. The van der Waals surface area contributed by atoms with Gasteiger partial charge in [-0.2, -0.15) is 5.10 Å². The molecule has 4 aromatic rings. The highest BCUT2D eigenvalue weighted by molar-refractivity contribution is 6.04. The van der Waals surface area contributed by atoms with Crippen molar-refractivity contribution in [1.82, 2.24) is 14.8 Å². The minimum Gasteiger partial charge on any atom is -0.444 e. The Balaban J connectivity index is 1.59. The van der Waals surface area contributed by atoms with Crippen LogP contribution in [0.25, 0.3) is 22.6 Å². The van der Waals surface area contributed by atoms with E-state index in [4.69, 9.17) is 4.42 Å². The van der Waals surface area contributed by atoms with Gasteiger partial charge in [-0.05, 0) is 24.6 Å². The van der Waals surface area contributed by atoms with Crippen LogP contribution in [0.4, 0.5) is 5.82 Å². The highest BCUT2D eigenvalue weighted by Gasteiger charge is 2.14. The van der Waals surface area contributed by atoms with E-state index in [-0.39, 0.29) is 5.91 Å². The molecule has 27 heavy (non-hydrogen) atoms. The molecule has 6 heteroatoms. The molecule has 1 N–H and O–H groups in total. The Morgan fingerprint density at radius 3 is 2.74 bits per heavy atom. The van der Waals surface area contributed by atoms with E-state index in [1.54, 1.807) is 23.0 Å². The maximum Gasteiger partial charge on any atom is 0.256 e. The molecule has 0 aliphatic rings. The van der Waals surface area contributed by atoms with E-state index in [0.717, 1.165) is 22.4 Å². The first-order chi connectivity index (χ1) is 13.1. The summed E-state index contributed by atoms with van der Waals surface area (Å²) in [6.45, 7) is 2.04. The molecule has 134 valence electrons. The quantitative estimate of drug-likeness (QED) is 0.590. The van der Waals surface area contributed by atoms with Gasteiger partial charge in [0.25, 0.3) is 5.91 Å². The average Bonchev–Trinajstić information content (AvgIpc) is 3.33. The van der Waals surface area contributed by atoms with Crippen LogP contribution >= 0.6 is 0 Å². The zero-order chi connectivity index (χ0) is 18.8. The summed E-state index contributed by atoms with van der Waals surface area (Å²) in [4.78, 5) is 16.6. The lowest BCUT2D eigenvalue weighted by atomic mass is 10.1. The van der Waals surface area contributed by atoms with E-state index >= 15 is 0 Å². The van der Waals surface area contributed by atoms with Crippen molar-refractivity contribution in [2.45, 2.75) is 6.92 Å². The van der Waals surface area contributed by atoms with Gasteiger partial charge < -0.3 is 9.73 Å². The minimum absolute atomic E-state index is 0.212. The summed E-state index contributed by atoms with van der Waals surface area (Å²) in [7, 11) is 1.81. The van der Waals surface area contributed by atoms with Crippen LogP contribution in [0.15, 0.2) is 71.6 Å². The highest BCUT2D eigenvalue weighted by atomic mass is 16.3. The lowest BCUT2D eigenvalue weighted by Crippen LogP contribution is -2.14. The molecule has 0 atom stereocenters. The summed E-state index contributed by atoms with van der Waals surface area (Å²) in [6.07, 6.45) is 2.98. The number of carbonyl (C=O) groups excluding carboxylic acids is 1. The van der Waals surface area contributed by atoms with Gasteiger partial charge in [0.2, 0.25) is 0 Å². The molecule has 2 aromatic heterocycles. The molecule has 0 aliphatic carbocycles. The molecule has 4 rings (SSSR count). The molecule has 0 unspecified atom stereocenters. The molecule has 6 nitrogen and oxygen atoms in total. The predicted octanol–water partition coefficient (Wildman–Crippen LogP) is 4.30. The topological polar surface area (TPSA) is 73.0 Å². The third-order valence-corrected chi connectivity index (χ3v) is 4.38. The maximum absolute atomic E-state index is 12.7. The van der Waals surface area contributed by atoms with Crippen molar-refractivity contribution < 1.29 is 9.21 Å². The molecule has 0 spiro atoms. The number of carbonyl (C=O) groups is 1. The maximum atomic E-state index is 12.7. The summed E-state index contributed by atoms with van der Waals surface area (Å²) in [5.74, 6) is 1.03. The van der Waals surface area contributed by atoms with Crippen molar-refractivity contribution in [3.63, 3.8) is 0 Å². The normalized spacial score (nSPS) is 10.7. The zero-order valence-corrected chi connectivity index (χ0v) is 15.0. The Kier molecular flexibility index (Phi) is 4.30. The van der Waals surface area contributed by atoms with Crippen molar-refractivity contribution in [3.05, 3.63) is 78.3 Å². The van der Waals surface area contributed by atoms with Gasteiger partial charge >= 0.3 is 0 Å². The Bertz CT molecular complexity index is 1100. The first-order valence-electron chi connectivity index (χ1n) is 8.52. The van der Waals surface area contributed by atoms with E-state index in [0.29, 0.717) is 17.1 Å². The van der Waals surface area contributed by atoms with Crippen LogP contribution in [-0.2, 0) is 7.05 Å². The Morgan fingerprint density at radius 1 is 1.11 bits per heavy atom. The number of aryl methyl sites for hydroxylation is 2. The van der Waals surface area contributed by atoms with Crippen LogP contribution in [0.3, 0.4) is 0 Å². The summed E-state index contributed by atoms with van der Waals surface area (Å²) in [5, 5.41) is 7.45. The number of amides is 1. The number of nitrogens with zero attached hydrogens (tertiary/aromatic N) is 3. The van der Waals surface area contributed by atoms with Crippen LogP contribution in [0, 0.1) is 6.92 Å². The number of aromatic nitrogens is 3. The fourth-order valence-corrected chi connectivity index (χ4v) is 2.94. The third kappa shape index (κ3) is 3.37. The van der Waals surface area contributed by atoms with E-state index in [9.17, 15) is 4.79 Å². The highest BCUT2D eigenvalue weighted by Crippen LogP contribution is 2.25. The summed E-state index contributed by atoms with van der Waals surface area (Å²) >= 11 is 0. The molecule has 1 amide bonds. The van der Waals surface area contributed by atoms with Crippen molar-refractivity contribution in [2.24, 2.45) is 7.05 Å². The Hall–Kier alpha value is -3.67. The second-order valence-corrected chi connectivity index (χ2v) is 6.25. The molecular formula is C21H18N4O2. The summed E-state index contributed by atoms with van der Waals surface area (Å²) < 4.78 is 6.96. The average molecular weight is 358 g/mol. The van der Waals surface area contributed by atoms with Crippen molar-refractivity contribution in [1.29, 1.82) is 0 Å². The number of hydrogen-bond donors (Lipinski definition) is 1. The van der Waals surface area contributed by atoms with E-state index in [2.05, 4.69) is 15.4 Å². The van der Waals surface area contributed by atoms with Gasteiger partial charge in [-0.15, -0.1) is 0 Å². The standard InChI is InChI=1S/C21H18N4O2/c1-14-6-3-4-9-17(14)18-11-20(25(2)24-18)23-21(26)16-8-5-7-15(10-16)19-12-22-13-27-19/h3-13H,1-2H3,(H,23,26). The van der Waals surface area contributed by atoms with Gasteiger partial charge in [-0.25, -0.2) is 4.98 Å². The molecule has 2 heterocycles. The molecule has 0 aliphatic heterocycles. The van der Waals surface area contributed by atoms with Gasteiger partial charge in [-0.1, -0.05) is 36.4 Å². The number of anilines is 1. The predicted molar refractivity (Wildman–Crippen MR) is 103 cm³/mol. The van der Waals surface area contributed by atoms with Gasteiger partial charge in [-0.3, -0.25) is 9.48 Å². The van der Waals surface area contributed by atoms with Crippen molar-refractivity contribution >= 4 is 11.7 Å². The van der Waals surface area contributed by atoms with Crippen LogP contribution in [0.2, 0.25) is 0 Å². The lowest BCUT2D eigenvalue weighted by molar-refractivity contribution is 0.102. The van der Waals surface area contributed by atoms with Gasteiger partial charge in [0.15, 0.2) is 12.2 Å². The number of oxazole rings is 1. The molecule has 0 saturated heterocycles. The summed E-state index contributed by atoms with van der Waals surface area (Å²) in [5.41, 5.74) is 4.32. The van der Waals surface area contributed by atoms with Crippen LogP contribution < -0.4 is 5.32 Å². The summed E-state index contributed by atoms with van der Waals surface area (Å²) in [6, 6.07) is 17.1. The van der Waals surface area contributed by atoms with Crippen LogP contribution in [0.1, 0.15) is 15.9 Å². The molecule has 2 aromatic carbocycles. The van der Waals surface area contributed by atoms with Crippen molar-refractivity contribution in [3.8, 4) is 22.6 Å². The first kappa shape index (κ1) is 16.8. The second kappa shape index (κ2) is 6.92. The SMILES string of the molecule is Cc1ccccc1-c1cc(NC(=O)c2cccc(-c3cnco3)c2)n(C)n1. The number of hydrogen-bond acceptors (Lipinski definition) is 4. The first-order valence-corrected chi connectivity index (χ1v) is 8.52. The van der Waals surface area contributed by atoms with Crippen LogP contribution in [0.5, 0.6) is 0 Å².